The Hall–Kier alpha value is -1.30. The zero-order chi connectivity index (χ0) is 13.6. The molecule has 6 heteroatoms. The van der Waals surface area contributed by atoms with Crippen LogP contribution in [0, 0.1) is 5.92 Å². The summed E-state index contributed by atoms with van der Waals surface area (Å²) in [7, 11) is 0. The molecule has 0 saturated carbocycles. The number of hydrogen-bond donors (Lipinski definition) is 1. The van der Waals surface area contributed by atoms with Crippen molar-refractivity contribution in [3.63, 3.8) is 0 Å². The van der Waals surface area contributed by atoms with Crippen molar-refractivity contribution in [3.05, 3.63) is 0 Å². The van der Waals surface area contributed by atoms with Crippen LogP contribution in [0.1, 0.15) is 27.2 Å². The highest BCUT2D eigenvalue weighted by Crippen LogP contribution is 2.43. The zero-order valence-electron chi connectivity index (χ0n) is 10.9. The summed E-state index contributed by atoms with van der Waals surface area (Å²) in [6, 6.07) is 0. The van der Waals surface area contributed by atoms with Gasteiger partial charge in [-0.2, -0.15) is 0 Å². The summed E-state index contributed by atoms with van der Waals surface area (Å²) < 4.78 is 10.7. The average molecular weight is 257 g/mol. The number of carbonyl (C=O) groups is 2. The molecule has 1 spiro atoms. The standard InChI is InChI=1S/C12H19NO5/c1-11(2,3)18-10(16)13-6-12(7-13)8(5-17-12)4-9(14)15/h8H,4-7H2,1-3H3,(H,14,15)/t8-/m0/s1. The molecule has 1 amide bonds. The molecule has 102 valence electrons. The van der Waals surface area contributed by atoms with Crippen LogP contribution in [0.15, 0.2) is 0 Å². The van der Waals surface area contributed by atoms with Gasteiger partial charge in [0.15, 0.2) is 0 Å². The average Bonchev–Trinajstić information content (AvgIpc) is 2.07. The second-order valence-electron chi connectivity index (χ2n) is 6.01. The van der Waals surface area contributed by atoms with Crippen LogP contribution in [0.25, 0.3) is 0 Å². The lowest BCUT2D eigenvalue weighted by atomic mass is 9.75. The fraction of sp³-hybridized carbons (Fsp3) is 0.833. The van der Waals surface area contributed by atoms with Crippen molar-refractivity contribution in [2.45, 2.75) is 38.4 Å². The number of carbonyl (C=O) groups excluding carboxylic acids is 1. The molecular weight excluding hydrogens is 238 g/mol. The van der Waals surface area contributed by atoms with E-state index in [-0.39, 0.29) is 18.4 Å². The van der Waals surface area contributed by atoms with Crippen LogP contribution in [0.3, 0.4) is 0 Å². The largest absolute Gasteiger partial charge is 0.481 e. The molecule has 1 N–H and O–H groups in total. The Morgan fingerprint density at radius 2 is 2.06 bits per heavy atom. The number of ether oxygens (including phenoxy) is 2. The number of carboxylic acids is 1. The smallest absolute Gasteiger partial charge is 0.410 e. The molecule has 6 nitrogen and oxygen atoms in total. The Morgan fingerprint density at radius 1 is 1.44 bits per heavy atom. The van der Waals surface area contributed by atoms with Gasteiger partial charge in [-0.15, -0.1) is 0 Å². The third kappa shape index (κ3) is 2.43. The lowest BCUT2D eigenvalue weighted by Crippen LogP contribution is -2.74. The summed E-state index contributed by atoms with van der Waals surface area (Å²) in [5.74, 6) is -0.813. The van der Waals surface area contributed by atoms with Crippen LogP contribution >= 0.6 is 0 Å². The minimum absolute atomic E-state index is 0.00804. The Balaban J connectivity index is 1.83. The van der Waals surface area contributed by atoms with Crippen LogP contribution < -0.4 is 0 Å². The number of amides is 1. The topological polar surface area (TPSA) is 76.1 Å². The van der Waals surface area contributed by atoms with E-state index in [4.69, 9.17) is 14.6 Å². The first kappa shape index (κ1) is 13.1. The van der Waals surface area contributed by atoms with Gasteiger partial charge in [0.2, 0.25) is 0 Å². The molecule has 2 aliphatic rings. The molecule has 0 aliphatic carbocycles. The molecule has 2 rings (SSSR count). The maximum Gasteiger partial charge on any atom is 0.410 e. The molecule has 2 aliphatic heterocycles. The predicted molar refractivity (Wildman–Crippen MR) is 62.2 cm³/mol. The lowest BCUT2D eigenvalue weighted by molar-refractivity contribution is -0.262. The number of nitrogens with zero attached hydrogens (tertiary/aromatic N) is 1. The molecule has 0 unspecified atom stereocenters. The SMILES string of the molecule is CC(C)(C)OC(=O)N1CC2(C1)OC[C@@H]2CC(=O)O. The summed E-state index contributed by atoms with van der Waals surface area (Å²) >= 11 is 0. The molecule has 0 radical (unpaired) electrons. The van der Waals surface area contributed by atoms with Crippen LogP contribution in [-0.2, 0) is 14.3 Å². The van der Waals surface area contributed by atoms with E-state index in [2.05, 4.69) is 0 Å². The van der Waals surface area contributed by atoms with Gasteiger partial charge >= 0.3 is 12.1 Å². The minimum atomic E-state index is -0.821. The van der Waals surface area contributed by atoms with Crippen molar-refractivity contribution in [1.82, 2.24) is 4.90 Å². The third-order valence-corrected chi connectivity index (χ3v) is 3.31. The van der Waals surface area contributed by atoms with E-state index in [1.165, 1.54) is 0 Å². The molecular formula is C12H19NO5. The van der Waals surface area contributed by atoms with Crippen molar-refractivity contribution in [3.8, 4) is 0 Å². The highest BCUT2D eigenvalue weighted by atomic mass is 16.6. The maximum absolute atomic E-state index is 11.7. The van der Waals surface area contributed by atoms with Crippen molar-refractivity contribution < 1.29 is 24.2 Å². The molecule has 2 fully saturated rings. The molecule has 1 atom stereocenters. The van der Waals surface area contributed by atoms with E-state index in [1.807, 2.05) is 20.8 Å². The highest BCUT2D eigenvalue weighted by molar-refractivity contribution is 5.70. The van der Waals surface area contributed by atoms with Crippen LogP contribution in [0.4, 0.5) is 4.79 Å². The number of aliphatic carboxylic acids is 1. The van der Waals surface area contributed by atoms with Gasteiger partial charge in [-0.05, 0) is 20.8 Å². The van der Waals surface area contributed by atoms with Crippen molar-refractivity contribution in [2.24, 2.45) is 5.92 Å². The van der Waals surface area contributed by atoms with Crippen LogP contribution in [0.2, 0.25) is 0 Å². The Labute approximate surface area is 106 Å². The third-order valence-electron chi connectivity index (χ3n) is 3.31. The molecule has 2 heterocycles. The summed E-state index contributed by atoms with van der Waals surface area (Å²) in [4.78, 5) is 24.0. The molecule has 0 bridgehead atoms. The molecule has 2 saturated heterocycles. The first-order chi connectivity index (χ1) is 8.22. The fourth-order valence-electron chi connectivity index (χ4n) is 2.30. The second-order valence-corrected chi connectivity index (χ2v) is 6.01. The van der Waals surface area contributed by atoms with Crippen molar-refractivity contribution >= 4 is 12.1 Å². The molecule has 18 heavy (non-hydrogen) atoms. The van der Waals surface area contributed by atoms with Gasteiger partial charge in [-0.3, -0.25) is 4.79 Å². The van der Waals surface area contributed by atoms with Crippen LogP contribution in [-0.4, -0.2) is 53.0 Å². The van der Waals surface area contributed by atoms with E-state index < -0.39 is 17.2 Å². The van der Waals surface area contributed by atoms with E-state index in [9.17, 15) is 9.59 Å². The Bertz CT molecular complexity index is 367. The normalized spacial score (nSPS) is 25.3. The van der Waals surface area contributed by atoms with Gasteiger partial charge < -0.3 is 19.5 Å². The summed E-state index contributed by atoms with van der Waals surface area (Å²) in [6.45, 7) is 6.77. The minimum Gasteiger partial charge on any atom is -0.481 e. The van der Waals surface area contributed by atoms with Gasteiger partial charge in [-0.1, -0.05) is 0 Å². The fourth-order valence-corrected chi connectivity index (χ4v) is 2.30. The quantitative estimate of drug-likeness (QED) is 0.801. The Kier molecular flexibility index (Phi) is 3.01. The number of likely N-dealkylation sites (tertiary alicyclic amines) is 1. The van der Waals surface area contributed by atoms with E-state index >= 15 is 0 Å². The van der Waals surface area contributed by atoms with Gasteiger partial charge in [-0.25, -0.2) is 4.79 Å². The monoisotopic (exact) mass is 257 g/mol. The first-order valence-corrected chi connectivity index (χ1v) is 6.05. The molecule has 0 aromatic rings. The number of rotatable bonds is 2. The zero-order valence-corrected chi connectivity index (χ0v) is 10.9. The highest BCUT2D eigenvalue weighted by Gasteiger charge is 2.58. The summed E-state index contributed by atoms with van der Waals surface area (Å²) in [6.07, 6.45) is -0.264. The predicted octanol–water partition coefficient (Wildman–Crippen LogP) is 1.10. The van der Waals surface area contributed by atoms with E-state index in [0.29, 0.717) is 19.7 Å². The second kappa shape index (κ2) is 4.12. The molecule has 0 aromatic carbocycles. The van der Waals surface area contributed by atoms with Gasteiger partial charge in [0.1, 0.15) is 11.2 Å². The van der Waals surface area contributed by atoms with Crippen LogP contribution in [0.5, 0.6) is 0 Å². The van der Waals surface area contributed by atoms with E-state index in [1.54, 1.807) is 4.90 Å². The summed E-state index contributed by atoms with van der Waals surface area (Å²) in [5, 5.41) is 8.77. The van der Waals surface area contributed by atoms with E-state index in [0.717, 1.165) is 0 Å². The lowest BCUT2D eigenvalue weighted by Gasteiger charge is -2.59. The summed E-state index contributed by atoms with van der Waals surface area (Å²) in [5.41, 5.74) is -0.948. The number of carboxylic acid groups (broad SMARTS) is 1. The first-order valence-electron chi connectivity index (χ1n) is 6.05. The van der Waals surface area contributed by atoms with Gasteiger partial charge in [0.25, 0.3) is 0 Å². The van der Waals surface area contributed by atoms with Crippen molar-refractivity contribution in [1.29, 1.82) is 0 Å². The van der Waals surface area contributed by atoms with Gasteiger partial charge in [0, 0.05) is 5.92 Å². The maximum atomic E-state index is 11.7. The van der Waals surface area contributed by atoms with Crippen molar-refractivity contribution in [2.75, 3.05) is 19.7 Å². The number of hydrogen-bond acceptors (Lipinski definition) is 4. The molecule has 0 aromatic heterocycles. The Morgan fingerprint density at radius 3 is 2.44 bits per heavy atom. The van der Waals surface area contributed by atoms with Gasteiger partial charge in [0.05, 0.1) is 26.1 Å².